The Morgan fingerprint density at radius 3 is 2.80 bits per heavy atom. The first kappa shape index (κ1) is 9.77. The van der Waals surface area contributed by atoms with E-state index in [4.69, 9.17) is 4.74 Å². The van der Waals surface area contributed by atoms with Crippen LogP contribution in [0.2, 0.25) is 0 Å². The summed E-state index contributed by atoms with van der Waals surface area (Å²) in [4.78, 5) is 4.34. The molecular formula is C12H14N2O. The highest BCUT2D eigenvalue weighted by atomic mass is 16.5. The van der Waals surface area contributed by atoms with Crippen LogP contribution in [0.3, 0.4) is 0 Å². The topological polar surface area (TPSA) is 34.2 Å². The highest BCUT2D eigenvalue weighted by molar-refractivity contribution is 5.95. The van der Waals surface area contributed by atoms with Gasteiger partial charge >= 0.3 is 0 Å². The number of nitrogens with zero attached hydrogens (tertiary/aromatic N) is 1. The molecular weight excluding hydrogens is 188 g/mol. The monoisotopic (exact) mass is 202 g/mol. The van der Waals surface area contributed by atoms with E-state index in [9.17, 15) is 0 Å². The predicted octanol–water partition coefficient (Wildman–Crippen LogP) is 2.59. The van der Waals surface area contributed by atoms with Crippen molar-refractivity contribution in [3.63, 3.8) is 0 Å². The summed E-state index contributed by atoms with van der Waals surface area (Å²) in [7, 11) is 3.57. The average Bonchev–Trinajstić information content (AvgIpc) is 2.27. The highest BCUT2D eigenvalue weighted by Crippen LogP contribution is 2.29. The van der Waals surface area contributed by atoms with Crippen molar-refractivity contribution < 1.29 is 4.74 Å². The molecule has 15 heavy (non-hydrogen) atoms. The minimum atomic E-state index is 0.821. The number of benzene rings is 1. The van der Waals surface area contributed by atoms with Crippen LogP contribution in [0.4, 0.5) is 5.69 Å². The number of rotatable bonds is 2. The van der Waals surface area contributed by atoms with Gasteiger partial charge in [-0.1, -0.05) is 0 Å². The van der Waals surface area contributed by atoms with Crippen LogP contribution in [-0.4, -0.2) is 19.1 Å². The van der Waals surface area contributed by atoms with Crippen molar-refractivity contribution in [2.24, 2.45) is 0 Å². The van der Waals surface area contributed by atoms with E-state index in [2.05, 4.69) is 23.3 Å². The quantitative estimate of drug-likeness (QED) is 0.812. The molecule has 1 N–H and O–H groups in total. The minimum Gasteiger partial charge on any atom is -0.494 e. The molecule has 0 aliphatic rings. The van der Waals surface area contributed by atoms with Gasteiger partial charge in [-0.3, -0.25) is 4.98 Å². The summed E-state index contributed by atoms with van der Waals surface area (Å²) in [5, 5.41) is 4.25. The van der Waals surface area contributed by atoms with Crippen LogP contribution in [0.15, 0.2) is 24.4 Å². The summed E-state index contributed by atoms with van der Waals surface area (Å²) in [5.41, 5.74) is 3.14. The van der Waals surface area contributed by atoms with Crippen LogP contribution in [0.5, 0.6) is 5.75 Å². The fraction of sp³-hybridized carbons (Fsp3) is 0.250. The molecule has 0 amide bonds. The van der Waals surface area contributed by atoms with E-state index in [-0.39, 0.29) is 0 Å². The molecule has 0 aliphatic heterocycles. The Morgan fingerprint density at radius 2 is 2.13 bits per heavy atom. The van der Waals surface area contributed by atoms with Crippen LogP contribution in [-0.2, 0) is 0 Å². The van der Waals surface area contributed by atoms with E-state index in [0.29, 0.717) is 0 Å². The third-order valence-electron chi connectivity index (χ3n) is 2.44. The Balaban J connectivity index is 2.82. The second kappa shape index (κ2) is 3.77. The Labute approximate surface area is 89.1 Å². The molecule has 3 nitrogen and oxygen atoms in total. The van der Waals surface area contributed by atoms with E-state index in [1.54, 1.807) is 13.3 Å². The molecule has 0 saturated carbocycles. The number of anilines is 1. The molecule has 2 rings (SSSR count). The third-order valence-corrected chi connectivity index (χ3v) is 2.44. The Morgan fingerprint density at radius 1 is 1.33 bits per heavy atom. The fourth-order valence-electron chi connectivity index (χ4n) is 1.73. The minimum absolute atomic E-state index is 0.821. The van der Waals surface area contributed by atoms with Crippen molar-refractivity contribution in [1.29, 1.82) is 0 Å². The maximum atomic E-state index is 5.32. The molecule has 1 aromatic heterocycles. The summed E-state index contributed by atoms with van der Waals surface area (Å²) < 4.78 is 5.32. The second-order valence-electron chi connectivity index (χ2n) is 3.47. The van der Waals surface area contributed by atoms with Crippen molar-refractivity contribution in [3.05, 3.63) is 30.0 Å². The van der Waals surface area contributed by atoms with Crippen LogP contribution in [0, 0.1) is 6.92 Å². The first-order valence-corrected chi connectivity index (χ1v) is 4.87. The van der Waals surface area contributed by atoms with Crippen molar-refractivity contribution in [2.75, 3.05) is 19.5 Å². The van der Waals surface area contributed by atoms with Crippen molar-refractivity contribution in [1.82, 2.24) is 4.98 Å². The summed E-state index contributed by atoms with van der Waals surface area (Å²) in [6.07, 6.45) is 1.78. The van der Waals surface area contributed by atoms with Gasteiger partial charge in [0, 0.05) is 24.3 Å². The van der Waals surface area contributed by atoms with Crippen LogP contribution < -0.4 is 10.1 Å². The number of ether oxygens (including phenoxy) is 1. The summed E-state index contributed by atoms with van der Waals surface area (Å²) in [5.74, 6) is 0.821. The first-order chi connectivity index (χ1) is 7.26. The average molecular weight is 202 g/mol. The summed E-state index contributed by atoms with van der Waals surface area (Å²) in [6, 6.07) is 6.06. The van der Waals surface area contributed by atoms with E-state index < -0.39 is 0 Å². The van der Waals surface area contributed by atoms with Gasteiger partial charge in [-0.05, 0) is 30.7 Å². The standard InChI is InChI=1S/C12H14N2O/c1-8-6-9-10(13-2)4-5-14-12(9)11(7-8)15-3/h4-7H,1-3H3,(H,13,14). The van der Waals surface area contributed by atoms with Gasteiger partial charge in [0.1, 0.15) is 11.3 Å². The molecule has 1 aromatic carbocycles. The van der Waals surface area contributed by atoms with E-state index in [1.165, 1.54) is 5.56 Å². The molecule has 0 fully saturated rings. The Kier molecular flexibility index (Phi) is 2.46. The van der Waals surface area contributed by atoms with Gasteiger partial charge in [0.25, 0.3) is 0 Å². The van der Waals surface area contributed by atoms with Gasteiger partial charge in [-0.15, -0.1) is 0 Å². The third kappa shape index (κ3) is 1.61. The summed E-state index contributed by atoms with van der Waals surface area (Å²) >= 11 is 0. The second-order valence-corrected chi connectivity index (χ2v) is 3.47. The lowest BCUT2D eigenvalue weighted by atomic mass is 10.1. The number of fused-ring (bicyclic) bond motifs is 1. The van der Waals surface area contributed by atoms with Gasteiger partial charge in [0.2, 0.25) is 0 Å². The molecule has 0 atom stereocenters. The number of hydrogen-bond donors (Lipinski definition) is 1. The fourth-order valence-corrected chi connectivity index (χ4v) is 1.73. The lowest BCUT2D eigenvalue weighted by Gasteiger charge is -2.09. The SMILES string of the molecule is CNc1ccnc2c(OC)cc(C)cc12. The zero-order chi connectivity index (χ0) is 10.8. The predicted molar refractivity (Wildman–Crippen MR) is 62.6 cm³/mol. The lowest BCUT2D eigenvalue weighted by molar-refractivity contribution is 0.418. The van der Waals surface area contributed by atoms with E-state index in [0.717, 1.165) is 22.3 Å². The molecule has 0 unspecified atom stereocenters. The molecule has 0 radical (unpaired) electrons. The normalized spacial score (nSPS) is 10.3. The largest absolute Gasteiger partial charge is 0.494 e. The highest BCUT2D eigenvalue weighted by Gasteiger charge is 2.06. The van der Waals surface area contributed by atoms with Gasteiger partial charge in [-0.25, -0.2) is 0 Å². The van der Waals surface area contributed by atoms with Gasteiger partial charge < -0.3 is 10.1 Å². The van der Waals surface area contributed by atoms with E-state index in [1.807, 2.05) is 19.2 Å². The maximum Gasteiger partial charge on any atom is 0.145 e. The molecule has 0 saturated heterocycles. The zero-order valence-electron chi connectivity index (χ0n) is 9.16. The smallest absolute Gasteiger partial charge is 0.145 e. The van der Waals surface area contributed by atoms with Crippen molar-refractivity contribution in [2.45, 2.75) is 6.92 Å². The zero-order valence-corrected chi connectivity index (χ0v) is 9.16. The number of hydrogen-bond acceptors (Lipinski definition) is 3. The molecule has 0 aliphatic carbocycles. The van der Waals surface area contributed by atoms with Crippen molar-refractivity contribution in [3.8, 4) is 5.75 Å². The number of aryl methyl sites for hydroxylation is 1. The molecule has 3 heteroatoms. The van der Waals surface area contributed by atoms with Gasteiger partial charge in [0.05, 0.1) is 7.11 Å². The first-order valence-electron chi connectivity index (χ1n) is 4.87. The molecule has 78 valence electrons. The van der Waals surface area contributed by atoms with Crippen molar-refractivity contribution >= 4 is 16.6 Å². The number of methoxy groups -OCH3 is 1. The van der Waals surface area contributed by atoms with E-state index >= 15 is 0 Å². The molecule has 1 heterocycles. The molecule has 2 aromatic rings. The molecule has 0 bridgehead atoms. The Bertz CT molecular complexity index is 494. The lowest BCUT2D eigenvalue weighted by Crippen LogP contribution is -1.94. The molecule has 0 spiro atoms. The maximum absolute atomic E-state index is 5.32. The van der Waals surface area contributed by atoms with Crippen LogP contribution in [0.25, 0.3) is 10.9 Å². The Hall–Kier alpha value is -1.77. The summed E-state index contributed by atoms with van der Waals surface area (Å²) in [6.45, 7) is 2.05. The number of aromatic nitrogens is 1. The van der Waals surface area contributed by atoms with Gasteiger partial charge in [-0.2, -0.15) is 0 Å². The van der Waals surface area contributed by atoms with Gasteiger partial charge in [0.15, 0.2) is 0 Å². The number of pyridine rings is 1. The van der Waals surface area contributed by atoms with Crippen LogP contribution in [0.1, 0.15) is 5.56 Å². The number of nitrogens with one attached hydrogen (secondary N) is 1. The van der Waals surface area contributed by atoms with Crippen LogP contribution >= 0.6 is 0 Å².